The van der Waals surface area contributed by atoms with Gasteiger partial charge >= 0.3 is 0 Å². The van der Waals surface area contributed by atoms with Crippen molar-refractivity contribution in [3.8, 4) is 0 Å². The van der Waals surface area contributed by atoms with Gasteiger partial charge in [-0.05, 0) is 51.3 Å². The van der Waals surface area contributed by atoms with E-state index in [0.717, 1.165) is 24.0 Å². The molecular weight excluding hydrogens is 236 g/mol. The van der Waals surface area contributed by atoms with E-state index in [9.17, 15) is 4.79 Å². The summed E-state index contributed by atoms with van der Waals surface area (Å²) in [5.74, 6) is 0.510. The minimum atomic E-state index is 0.204. The summed E-state index contributed by atoms with van der Waals surface area (Å²) in [6.07, 6.45) is 9.42. The largest absolute Gasteiger partial charge is 0.300 e. The van der Waals surface area contributed by atoms with Gasteiger partial charge in [0, 0.05) is 36.0 Å². The van der Waals surface area contributed by atoms with Crippen molar-refractivity contribution in [1.29, 1.82) is 0 Å². The van der Waals surface area contributed by atoms with Gasteiger partial charge in [0.15, 0.2) is 5.78 Å². The smallest absolute Gasteiger partial charge is 0.167 e. The van der Waals surface area contributed by atoms with Crippen LogP contribution in [0.5, 0.6) is 0 Å². The topological polar surface area (TPSA) is 33.2 Å². The molecule has 1 aromatic rings. The molecule has 0 spiro atoms. The average Bonchev–Trinajstić information content (AvgIpc) is 2.37. The van der Waals surface area contributed by atoms with Gasteiger partial charge in [-0.3, -0.25) is 9.78 Å². The highest BCUT2D eigenvalue weighted by atomic mass is 16.1. The van der Waals surface area contributed by atoms with Crippen LogP contribution in [0.3, 0.4) is 0 Å². The van der Waals surface area contributed by atoms with Gasteiger partial charge in [0.1, 0.15) is 0 Å². The summed E-state index contributed by atoms with van der Waals surface area (Å²) >= 11 is 0. The molecule has 3 rings (SSSR count). The van der Waals surface area contributed by atoms with Gasteiger partial charge in [0.2, 0.25) is 0 Å². The molecule has 2 bridgehead atoms. The van der Waals surface area contributed by atoms with Crippen LogP contribution in [-0.4, -0.2) is 34.8 Å². The Labute approximate surface area is 115 Å². The first-order chi connectivity index (χ1) is 9.15. The van der Waals surface area contributed by atoms with Crippen LogP contribution >= 0.6 is 0 Å². The van der Waals surface area contributed by atoms with Crippen LogP contribution in [0.1, 0.15) is 48.0 Å². The molecule has 2 saturated heterocycles. The Morgan fingerprint density at radius 1 is 1.26 bits per heavy atom. The Morgan fingerprint density at radius 3 is 2.58 bits per heavy atom. The van der Waals surface area contributed by atoms with Crippen molar-refractivity contribution in [3.63, 3.8) is 0 Å². The Morgan fingerprint density at radius 2 is 1.95 bits per heavy atom. The second-order valence-corrected chi connectivity index (χ2v) is 6.19. The van der Waals surface area contributed by atoms with E-state index in [2.05, 4.69) is 16.9 Å². The molecule has 0 aromatic carbocycles. The van der Waals surface area contributed by atoms with Crippen LogP contribution in [-0.2, 0) is 0 Å². The fraction of sp³-hybridized carbons (Fsp3) is 0.625. The third-order valence-electron chi connectivity index (χ3n) is 4.87. The summed E-state index contributed by atoms with van der Waals surface area (Å²) in [6.45, 7) is 1.99. The van der Waals surface area contributed by atoms with Gasteiger partial charge in [-0.15, -0.1) is 0 Å². The van der Waals surface area contributed by atoms with Crippen molar-refractivity contribution in [2.24, 2.45) is 5.92 Å². The van der Waals surface area contributed by atoms with Crippen LogP contribution in [0.2, 0.25) is 0 Å². The number of aryl methyl sites for hydroxylation is 1. The highest BCUT2D eigenvalue weighted by Crippen LogP contribution is 2.37. The van der Waals surface area contributed by atoms with Crippen LogP contribution in [0.25, 0.3) is 0 Å². The number of aromatic nitrogens is 1. The fourth-order valence-corrected chi connectivity index (χ4v) is 3.76. The zero-order valence-corrected chi connectivity index (χ0v) is 11.8. The molecule has 0 radical (unpaired) electrons. The van der Waals surface area contributed by atoms with Gasteiger partial charge < -0.3 is 4.90 Å². The molecule has 0 aliphatic carbocycles. The van der Waals surface area contributed by atoms with Crippen LogP contribution in [0.15, 0.2) is 18.5 Å². The van der Waals surface area contributed by atoms with E-state index in [1.807, 2.05) is 13.0 Å². The summed E-state index contributed by atoms with van der Waals surface area (Å²) in [5.41, 5.74) is 1.87. The second-order valence-electron chi connectivity index (χ2n) is 6.19. The molecule has 2 fully saturated rings. The Kier molecular flexibility index (Phi) is 3.40. The first-order valence-corrected chi connectivity index (χ1v) is 7.33. The van der Waals surface area contributed by atoms with Crippen LogP contribution in [0.4, 0.5) is 0 Å². The molecule has 2 aliphatic heterocycles. The predicted molar refractivity (Wildman–Crippen MR) is 75.2 cm³/mol. The molecule has 0 amide bonds. The lowest BCUT2D eigenvalue weighted by atomic mass is 9.76. The second kappa shape index (κ2) is 5.04. The van der Waals surface area contributed by atoms with E-state index in [4.69, 9.17) is 0 Å². The van der Waals surface area contributed by atoms with E-state index in [1.54, 1.807) is 12.4 Å². The molecule has 102 valence electrons. The number of carbonyl (C=O) groups is 1. The number of fused-ring (bicyclic) bond motifs is 2. The molecule has 0 N–H and O–H groups in total. The molecule has 0 saturated carbocycles. The Balaban J connectivity index is 1.78. The number of hydrogen-bond acceptors (Lipinski definition) is 3. The normalized spacial score (nSPS) is 31.2. The minimum absolute atomic E-state index is 0.204. The van der Waals surface area contributed by atoms with Crippen molar-refractivity contribution in [2.45, 2.75) is 51.1 Å². The molecule has 2 atom stereocenters. The van der Waals surface area contributed by atoms with Crippen molar-refractivity contribution in [3.05, 3.63) is 29.6 Å². The van der Waals surface area contributed by atoms with Crippen molar-refractivity contribution >= 4 is 5.78 Å². The third-order valence-corrected chi connectivity index (χ3v) is 4.87. The molecule has 1 aromatic heterocycles. The standard InChI is InChI=1S/C16H22N2O/c1-11-6-13(10-17-9-11)16(19)12-7-14-4-3-5-15(8-12)18(14)2/h6,9-10,12,14-15H,3-5,7-8H2,1-2H3. The Bertz CT molecular complexity index is 471. The molecule has 19 heavy (non-hydrogen) atoms. The minimum Gasteiger partial charge on any atom is -0.300 e. The van der Waals surface area contributed by atoms with Gasteiger partial charge in [0.25, 0.3) is 0 Å². The lowest BCUT2D eigenvalue weighted by Crippen LogP contribution is -2.51. The van der Waals surface area contributed by atoms with E-state index >= 15 is 0 Å². The number of carbonyl (C=O) groups excluding carboxylic acids is 1. The number of hydrogen-bond donors (Lipinski definition) is 0. The van der Waals surface area contributed by atoms with Gasteiger partial charge in [-0.2, -0.15) is 0 Å². The summed E-state index contributed by atoms with van der Waals surface area (Å²) in [7, 11) is 2.23. The van der Waals surface area contributed by atoms with Crippen molar-refractivity contribution in [2.75, 3.05) is 7.05 Å². The number of piperidine rings is 2. The maximum atomic E-state index is 12.6. The SMILES string of the molecule is Cc1cncc(C(=O)C2CC3CCCC(C2)N3C)c1. The highest BCUT2D eigenvalue weighted by molar-refractivity contribution is 5.97. The fourth-order valence-electron chi connectivity index (χ4n) is 3.76. The Hall–Kier alpha value is -1.22. The molecule has 2 unspecified atom stereocenters. The van der Waals surface area contributed by atoms with E-state index in [1.165, 1.54) is 19.3 Å². The average molecular weight is 258 g/mol. The predicted octanol–water partition coefficient (Wildman–Crippen LogP) is 2.84. The molecule has 3 heterocycles. The number of Topliss-reactive ketones (excluding diaryl/α,β-unsaturated/α-hetero) is 1. The lowest BCUT2D eigenvalue weighted by molar-refractivity contribution is 0.0338. The van der Waals surface area contributed by atoms with Gasteiger partial charge in [-0.1, -0.05) is 6.42 Å². The maximum Gasteiger partial charge on any atom is 0.167 e. The van der Waals surface area contributed by atoms with Crippen molar-refractivity contribution in [1.82, 2.24) is 9.88 Å². The summed E-state index contributed by atoms with van der Waals surface area (Å²) < 4.78 is 0. The van der Waals surface area contributed by atoms with Gasteiger partial charge in [0.05, 0.1) is 0 Å². The molecule has 3 heteroatoms. The van der Waals surface area contributed by atoms with E-state index in [0.29, 0.717) is 17.9 Å². The first-order valence-electron chi connectivity index (χ1n) is 7.33. The van der Waals surface area contributed by atoms with Gasteiger partial charge in [-0.25, -0.2) is 0 Å². The monoisotopic (exact) mass is 258 g/mol. The van der Waals surface area contributed by atoms with Crippen molar-refractivity contribution < 1.29 is 4.79 Å². The summed E-state index contributed by atoms with van der Waals surface area (Å²) in [6, 6.07) is 3.20. The third kappa shape index (κ3) is 2.44. The zero-order chi connectivity index (χ0) is 13.4. The van der Waals surface area contributed by atoms with Crippen LogP contribution < -0.4 is 0 Å². The van der Waals surface area contributed by atoms with Crippen LogP contribution in [0, 0.1) is 12.8 Å². The number of pyridine rings is 1. The highest BCUT2D eigenvalue weighted by Gasteiger charge is 2.38. The molecule has 3 nitrogen and oxygen atoms in total. The molecule has 2 aliphatic rings. The summed E-state index contributed by atoms with van der Waals surface area (Å²) in [4.78, 5) is 19.3. The first kappa shape index (κ1) is 12.8. The van der Waals surface area contributed by atoms with E-state index in [-0.39, 0.29) is 5.92 Å². The number of rotatable bonds is 2. The zero-order valence-electron chi connectivity index (χ0n) is 11.8. The number of nitrogens with zero attached hydrogens (tertiary/aromatic N) is 2. The molecular formula is C16H22N2O. The lowest BCUT2D eigenvalue weighted by Gasteiger charge is -2.46. The maximum absolute atomic E-state index is 12.6. The quantitative estimate of drug-likeness (QED) is 0.765. The number of ketones is 1. The summed E-state index contributed by atoms with van der Waals surface area (Å²) in [5, 5.41) is 0. The van der Waals surface area contributed by atoms with E-state index < -0.39 is 0 Å².